The third kappa shape index (κ3) is 10.0. The fraction of sp³-hybridized carbons (Fsp3) is 0.361. The Kier molecular flexibility index (Phi) is 11.9. The number of anilines is 1. The summed E-state index contributed by atoms with van der Waals surface area (Å²) in [6, 6.07) is 22.1. The van der Waals surface area contributed by atoms with Gasteiger partial charge in [0.25, 0.3) is 5.91 Å². The van der Waals surface area contributed by atoms with E-state index in [0.717, 1.165) is 24.0 Å². The van der Waals surface area contributed by atoms with Gasteiger partial charge in [0.2, 0.25) is 5.91 Å². The van der Waals surface area contributed by atoms with Crippen LogP contribution in [0.1, 0.15) is 75.3 Å². The third-order valence-corrected chi connectivity index (χ3v) is 6.91. The van der Waals surface area contributed by atoms with Gasteiger partial charge in [-0.3, -0.25) is 9.59 Å². The quantitative estimate of drug-likeness (QED) is 0.182. The van der Waals surface area contributed by atoms with Crippen LogP contribution in [0.25, 0.3) is 0 Å². The van der Waals surface area contributed by atoms with Crippen LogP contribution in [0.4, 0.5) is 10.5 Å². The minimum atomic E-state index is -0.977. The van der Waals surface area contributed by atoms with Crippen molar-refractivity contribution in [2.24, 2.45) is 0 Å². The highest BCUT2D eigenvalue weighted by Gasteiger charge is 2.36. The number of ether oxygens (including phenoxy) is 1. The molecule has 0 saturated heterocycles. The van der Waals surface area contributed by atoms with Gasteiger partial charge in [-0.15, -0.1) is 6.42 Å². The topological polar surface area (TPSA) is 87.7 Å². The van der Waals surface area contributed by atoms with E-state index in [1.54, 1.807) is 49.9 Å². The minimum Gasteiger partial charge on any atom is -0.444 e. The highest BCUT2D eigenvalue weighted by atomic mass is 16.6. The summed E-state index contributed by atoms with van der Waals surface area (Å²) in [5.74, 6) is 1.87. The molecule has 3 rings (SSSR count). The van der Waals surface area contributed by atoms with Crippen molar-refractivity contribution in [2.45, 2.75) is 78.0 Å². The number of carbonyl (C=O) groups is 3. The van der Waals surface area contributed by atoms with Gasteiger partial charge in [0.05, 0.1) is 0 Å². The Hall–Kier alpha value is -4.57. The lowest BCUT2D eigenvalue weighted by atomic mass is 9.98. The lowest BCUT2D eigenvalue weighted by Gasteiger charge is -2.35. The van der Waals surface area contributed by atoms with Crippen molar-refractivity contribution in [1.82, 2.24) is 10.2 Å². The zero-order valence-electron chi connectivity index (χ0n) is 25.9. The van der Waals surface area contributed by atoms with Crippen LogP contribution in [0, 0.1) is 19.3 Å². The van der Waals surface area contributed by atoms with E-state index in [0.29, 0.717) is 29.8 Å². The largest absolute Gasteiger partial charge is 0.444 e. The van der Waals surface area contributed by atoms with Gasteiger partial charge in [-0.1, -0.05) is 86.3 Å². The van der Waals surface area contributed by atoms with Crippen LogP contribution in [-0.2, 0) is 20.7 Å². The van der Waals surface area contributed by atoms with Gasteiger partial charge in [-0.2, -0.15) is 0 Å². The van der Waals surface area contributed by atoms with E-state index < -0.39 is 23.8 Å². The highest BCUT2D eigenvalue weighted by molar-refractivity contribution is 5.99. The molecule has 3 amide bonds. The number of hydrogen-bond acceptors (Lipinski definition) is 4. The standard InChI is InChI=1S/C36H43N3O4/c1-7-9-15-24-39(34(41)31(25-28-17-11-10-12-18-28)38-35(42)43-36(4,5)6)32(29-22-20-27(8-2)21-23-29)33(40)37-30-19-14-13-16-26(30)3/h2,10-14,16-23,31-32H,7,9,15,24-25H2,1,3-6H3,(H,37,40)(H,38,42). The number of amides is 3. The van der Waals surface area contributed by atoms with Crippen LogP contribution in [0.2, 0.25) is 0 Å². The molecule has 43 heavy (non-hydrogen) atoms. The first-order chi connectivity index (χ1) is 20.5. The average Bonchev–Trinajstić information content (AvgIpc) is 2.97. The van der Waals surface area contributed by atoms with E-state index in [4.69, 9.17) is 11.2 Å². The maximum absolute atomic E-state index is 14.5. The molecule has 2 N–H and O–H groups in total. The molecule has 226 valence electrons. The molecule has 2 unspecified atom stereocenters. The van der Waals surface area contributed by atoms with Crippen LogP contribution >= 0.6 is 0 Å². The summed E-state index contributed by atoms with van der Waals surface area (Å²) in [6.07, 6.45) is 7.62. The van der Waals surface area contributed by atoms with Gasteiger partial charge in [-0.05, 0) is 69.0 Å². The van der Waals surface area contributed by atoms with Crippen LogP contribution in [0.15, 0.2) is 78.9 Å². The number of nitrogens with zero attached hydrogens (tertiary/aromatic N) is 1. The van der Waals surface area contributed by atoms with Crippen molar-refractivity contribution in [2.75, 3.05) is 11.9 Å². The normalized spacial score (nSPS) is 12.4. The van der Waals surface area contributed by atoms with Crippen molar-refractivity contribution in [3.63, 3.8) is 0 Å². The van der Waals surface area contributed by atoms with E-state index in [9.17, 15) is 14.4 Å². The van der Waals surface area contributed by atoms with Gasteiger partial charge in [0.1, 0.15) is 17.7 Å². The fourth-order valence-electron chi connectivity index (χ4n) is 4.75. The smallest absolute Gasteiger partial charge is 0.408 e. The summed E-state index contributed by atoms with van der Waals surface area (Å²) in [5, 5.41) is 5.84. The van der Waals surface area contributed by atoms with E-state index in [1.165, 1.54) is 0 Å². The van der Waals surface area contributed by atoms with Gasteiger partial charge in [0.15, 0.2) is 0 Å². The minimum absolute atomic E-state index is 0.228. The monoisotopic (exact) mass is 581 g/mol. The van der Waals surface area contributed by atoms with Crippen molar-refractivity contribution >= 4 is 23.6 Å². The highest BCUT2D eigenvalue weighted by Crippen LogP contribution is 2.27. The van der Waals surface area contributed by atoms with E-state index >= 15 is 0 Å². The number of rotatable bonds is 12. The number of benzene rings is 3. The Morgan fingerprint density at radius 3 is 2.19 bits per heavy atom. The molecule has 0 aromatic heterocycles. The molecule has 0 aliphatic heterocycles. The fourth-order valence-corrected chi connectivity index (χ4v) is 4.75. The Labute approximate surface area is 256 Å². The van der Waals surface area contributed by atoms with Gasteiger partial charge < -0.3 is 20.3 Å². The molecule has 7 nitrogen and oxygen atoms in total. The Balaban J connectivity index is 2.08. The van der Waals surface area contributed by atoms with Crippen molar-refractivity contribution in [1.29, 1.82) is 0 Å². The molecule has 3 aromatic rings. The average molecular weight is 582 g/mol. The second-order valence-electron chi connectivity index (χ2n) is 11.6. The third-order valence-electron chi connectivity index (χ3n) is 6.91. The first-order valence-corrected chi connectivity index (χ1v) is 14.8. The molecule has 2 atom stereocenters. The second-order valence-corrected chi connectivity index (χ2v) is 11.6. The lowest BCUT2D eigenvalue weighted by Crippen LogP contribution is -2.53. The van der Waals surface area contributed by atoms with E-state index in [1.807, 2.05) is 61.5 Å². The summed E-state index contributed by atoms with van der Waals surface area (Å²) in [5.41, 5.74) is 2.95. The predicted molar refractivity (Wildman–Crippen MR) is 171 cm³/mol. The summed E-state index contributed by atoms with van der Waals surface area (Å²) in [6.45, 7) is 9.61. The second kappa shape index (κ2) is 15.6. The predicted octanol–water partition coefficient (Wildman–Crippen LogP) is 6.81. The maximum Gasteiger partial charge on any atom is 0.408 e. The van der Waals surface area contributed by atoms with Crippen LogP contribution in [-0.4, -0.2) is 41.0 Å². The summed E-state index contributed by atoms with van der Waals surface area (Å²) >= 11 is 0. The summed E-state index contributed by atoms with van der Waals surface area (Å²) in [7, 11) is 0. The number of terminal acetylenes is 1. The van der Waals surface area contributed by atoms with Crippen LogP contribution < -0.4 is 10.6 Å². The molecule has 0 bridgehead atoms. The zero-order chi connectivity index (χ0) is 31.4. The lowest BCUT2D eigenvalue weighted by molar-refractivity contribution is -0.140. The number of aryl methyl sites for hydroxylation is 1. The van der Waals surface area contributed by atoms with Gasteiger partial charge in [-0.25, -0.2) is 4.79 Å². The number of hydrogen-bond donors (Lipinski definition) is 2. The molecule has 3 aromatic carbocycles. The number of alkyl carbamates (subject to hydrolysis) is 1. The molecule has 0 heterocycles. The number of carbonyl (C=O) groups excluding carboxylic acids is 3. The van der Waals surface area contributed by atoms with Crippen molar-refractivity contribution in [3.8, 4) is 12.3 Å². The maximum atomic E-state index is 14.5. The Bertz CT molecular complexity index is 1400. The molecule has 0 aliphatic carbocycles. The molecule has 0 fully saturated rings. The summed E-state index contributed by atoms with van der Waals surface area (Å²) in [4.78, 5) is 43.2. The Morgan fingerprint density at radius 1 is 0.930 bits per heavy atom. The molecule has 0 spiro atoms. The number of unbranched alkanes of at least 4 members (excludes halogenated alkanes) is 2. The Morgan fingerprint density at radius 2 is 1.58 bits per heavy atom. The van der Waals surface area contributed by atoms with Crippen LogP contribution in [0.5, 0.6) is 0 Å². The summed E-state index contributed by atoms with van der Waals surface area (Å²) < 4.78 is 5.53. The first kappa shape index (κ1) is 32.9. The van der Waals surface area contributed by atoms with E-state index in [-0.39, 0.29) is 18.2 Å². The number of para-hydroxylation sites is 1. The molecular formula is C36H43N3O4. The SMILES string of the molecule is C#Cc1ccc(C(C(=O)Nc2ccccc2C)N(CCCCC)C(=O)C(Cc2ccccc2)NC(=O)OC(C)(C)C)cc1. The van der Waals surface area contributed by atoms with Crippen molar-refractivity contribution in [3.05, 3.63) is 101 Å². The van der Waals surface area contributed by atoms with Crippen LogP contribution in [0.3, 0.4) is 0 Å². The van der Waals surface area contributed by atoms with Gasteiger partial charge in [0, 0.05) is 24.2 Å². The van der Waals surface area contributed by atoms with E-state index in [2.05, 4.69) is 23.5 Å². The van der Waals surface area contributed by atoms with Gasteiger partial charge >= 0.3 is 6.09 Å². The molecule has 0 aliphatic rings. The molecule has 0 radical (unpaired) electrons. The zero-order valence-corrected chi connectivity index (χ0v) is 25.9. The molecular weight excluding hydrogens is 538 g/mol. The molecule has 7 heteroatoms. The first-order valence-electron chi connectivity index (χ1n) is 14.8. The number of nitrogens with one attached hydrogen (secondary N) is 2. The molecule has 0 saturated carbocycles. The van der Waals surface area contributed by atoms with Crippen molar-refractivity contribution < 1.29 is 19.1 Å².